The maximum absolute atomic E-state index is 13.1. The summed E-state index contributed by atoms with van der Waals surface area (Å²) in [7, 11) is -5.97. The Balaban J connectivity index is 3.54. The molecule has 0 saturated heterocycles. The zero-order valence-corrected chi connectivity index (χ0v) is 8.69. The summed E-state index contributed by atoms with van der Waals surface area (Å²) >= 11 is 0. The van der Waals surface area contributed by atoms with Gasteiger partial charge in [0.25, 0.3) is 0 Å². The lowest BCUT2D eigenvalue weighted by molar-refractivity contribution is -0.140. The summed E-state index contributed by atoms with van der Waals surface area (Å²) in [5.41, 5.74) is -3.63. The molecule has 0 aliphatic rings. The number of benzene rings is 1. The maximum atomic E-state index is 13.1. The van der Waals surface area contributed by atoms with E-state index in [-0.39, 0.29) is 6.07 Å². The summed E-state index contributed by atoms with van der Waals surface area (Å²) in [6, 6.07) is 2.22. The first-order valence-corrected chi connectivity index (χ1v) is 5.43. The number of hydrogen-bond acceptors (Lipinski definition) is 2. The summed E-state index contributed by atoms with van der Waals surface area (Å²) in [6.07, 6.45) is -5.15. The third-order valence-electron chi connectivity index (χ3n) is 1.87. The number of hydrogen-bond donors (Lipinski definition) is 1. The molecule has 1 N–H and O–H groups in total. The van der Waals surface area contributed by atoms with Gasteiger partial charge in [-0.15, -0.1) is 0 Å². The fraction of sp³-hybridized carbons (Fsp3) is 0.250. The molecule has 17 heavy (non-hydrogen) atoms. The minimum absolute atomic E-state index is 0.288. The van der Waals surface area contributed by atoms with Crippen LogP contribution in [0.2, 0.25) is 0 Å². The average Bonchev–Trinajstić information content (AvgIpc) is 2.14. The highest BCUT2D eigenvalue weighted by molar-refractivity contribution is 7.86. The zero-order chi connectivity index (χ0) is 13.5. The second-order valence-corrected chi connectivity index (χ2v) is 4.50. The number of alkyl halides is 5. The summed E-state index contributed by atoms with van der Waals surface area (Å²) in [6.45, 7) is 0. The van der Waals surface area contributed by atoms with E-state index in [4.69, 9.17) is 4.55 Å². The van der Waals surface area contributed by atoms with E-state index in [1.807, 2.05) is 0 Å². The van der Waals surface area contributed by atoms with Gasteiger partial charge in [-0.05, 0) is 6.07 Å². The molecular formula is C8H5F5O3S. The van der Waals surface area contributed by atoms with Crippen LogP contribution in [0.15, 0.2) is 24.3 Å². The third-order valence-corrected chi connectivity index (χ3v) is 2.74. The predicted molar refractivity (Wildman–Crippen MR) is 46.9 cm³/mol. The summed E-state index contributed by atoms with van der Waals surface area (Å²) in [5, 5.41) is -5.01. The van der Waals surface area contributed by atoms with Crippen LogP contribution in [0.25, 0.3) is 0 Å². The molecule has 0 bridgehead atoms. The molecule has 3 nitrogen and oxygen atoms in total. The molecule has 0 aliphatic heterocycles. The molecule has 0 atom stereocenters. The van der Waals surface area contributed by atoms with Crippen molar-refractivity contribution in [2.45, 2.75) is 11.4 Å². The van der Waals surface area contributed by atoms with Crippen molar-refractivity contribution in [1.82, 2.24) is 0 Å². The van der Waals surface area contributed by atoms with E-state index < -0.39 is 32.7 Å². The second-order valence-electron chi connectivity index (χ2n) is 3.04. The van der Waals surface area contributed by atoms with E-state index in [9.17, 15) is 30.4 Å². The largest absolute Gasteiger partial charge is 0.416 e. The highest BCUT2D eigenvalue weighted by Gasteiger charge is 2.51. The quantitative estimate of drug-likeness (QED) is 0.667. The first-order valence-electron chi connectivity index (χ1n) is 3.99. The van der Waals surface area contributed by atoms with Crippen LogP contribution >= 0.6 is 0 Å². The summed E-state index contributed by atoms with van der Waals surface area (Å²) in [4.78, 5) is 0. The van der Waals surface area contributed by atoms with Gasteiger partial charge in [-0.25, -0.2) is 0 Å². The first kappa shape index (κ1) is 13.8. The van der Waals surface area contributed by atoms with Crippen molar-refractivity contribution < 1.29 is 34.9 Å². The van der Waals surface area contributed by atoms with Crippen LogP contribution in [0.5, 0.6) is 0 Å². The molecule has 1 aromatic carbocycles. The maximum Gasteiger partial charge on any atom is 0.416 e. The standard InChI is InChI=1S/C8H5F5O3S/c9-7(10,11)5-3-1-2-4-6(5)8(12,13)17(14,15)16/h1-4H,(H,14,15,16). The Kier molecular flexibility index (Phi) is 3.19. The van der Waals surface area contributed by atoms with E-state index in [1.165, 1.54) is 0 Å². The van der Waals surface area contributed by atoms with Gasteiger partial charge in [0.2, 0.25) is 0 Å². The van der Waals surface area contributed by atoms with Crippen molar-refractivity contribution in [2.75, 3.05) is 0 Å². The van der Waals surface area contributed by atoms with Gasteiger partial charge in [0.1, 0.15) is 0 Å². The molecule has 0 aromatic heterocycles. The van der Waals surface area contributed by atoms with Gasteiger partial charge in [-0.3, -0.25) is 4.55 Å². The van der Waals surface area contributed by atoms with E-state index in [2.05, 4.69) is 0 Å². The van der Waals surface area contributed by atoms with Gasteiger partial charge < -0.3 is 0 Å². The minimum Gasteiger partial charge on any atom is -0.281 e. The molecule has 1 aromatic rings. The van der Waals surface area contributed by atoms with Crippen LogP contribution in [0.3, 0.4) is 0 Å². The Bertz CT molecular complexity index is 520. The summed E-state index contributed by atoms with van der Waals surface area (Å²) < 4.78 is 92.3. The third kappa shape index (κ3) is 2.55. The molecule has 0 spiro atoms. The first-order chi connectivity index (χ1) is 7.48. The average molecular weight is 276 g/mol. The highest BCUT2D eigenvalue weighted by atomic mass is 32.2. The van der Waals surface area contributed by atoms with Crippen molar-refractivity contribution in [3.63, 3.8) is 0 Å². The van der Waals surface area contributed by atoms with E-state index in [0.29, 0.717) is 6.07 Å². The summed E-state index contributed by atoms with van der Waals surface area (Å²) in [5.74, 6) is 0. The number of halogens is 5. The zero-order valence-electron chi connectivity index (χ0n) is 7.87. The minimum atomic E-state index is -5.97. The topological polar surface area (TPSA) is 54.4 Å². The Morgan fingerprint density at radius 3 is 1.71 bits per heavy atom. The van der Waals surface area contributed by atoms with Crippen molar-refractivity contribution >= 4 is 10.1 Å². The highest BCUT2D eigenvalue weighted by Crippen LogP contribution is 2.41. The molecule has 0 saturated carbocycles. The molecule has 0 aliphatic carbocycles. The molecule has 0 amide bonds. The van der Waals surface area contributed by atoms with Crippen molar-refractivity contribution in [1.29, 1.82) is 0 Å². The Morgan fingerprint density at radius 2 is 1.35 bits per heavy atom. The van der Waals surface area contributed by atoms with E-state index in [1.54, 1.807) is 0 Å². The monoisotopic (exact) mass is 276 g/mol. The fourth-order valence-electron chi connectivity index (χ4n) is 1.12. The van der Waals surface area contributed by atoms with Crippen LogP contribution in [0, 0.1) is 0 Å². The van der Waals surface area contributed by atoms with Gasteiger partial charge in [-0.1, -0.05) is 18.2 Å². The lowest BCUT2D eigenvalue weighted by Gasteiger charge is -2.18. The van der Waals surface area contributed by atoms with Crippen molar-refractivity contribution in [3.8, 4) is 0 Å². The fourth-order valence-corrected chi connectivity index (χ4v) is 1.58. The molecule has 96 valence electrons. The van der Waals surface area contributed by atoms with Gasteiger partial charge in [0.15, 0.2) is 0 Å². The van der Waals surface area contributed by atoms with Gasteiger partial charge in [-0.2, -0.15) is 30.4 Å². The van der Waals surface area contributed by atoms with Crippen LogP contribution in [-0.2, 0) is 21.5 Å². The van der Waals surface area contributed by atoms with Crippen LogP contribution in [-0.4, -0.2) is 13.0 Å². The molecule has 0 fully saturated rings. The Morgan fingerprint density at radius 1 is 0.941 bits per heavy atom. The second kappa shape index (κ2) is 3.91. The van der Waals surface area contributed by atoms with Gasteiger partial charge >= 0.3 is 21.5 Å². The Labute approximate surface area is 92.6 Å². The molecule has 1 rings (SSSR count). The molecule has 0 radical (unpaired) electrons. The molecular weight excluding hydrogens is 271 g/mol. The molecule has 0 heterocycles. The number of rotatable bonds is 2. The predicted octanol–water partition coefficient (Wildman–Crippen LogP) is 2.64. The van der Waals surface area contributed by atoms with Crippen LogP contribution < -0.4 is 0 Å². The molecule has 0 unspecified atom stereocenters. The Hall–Kier alpha value is -1.22. The van der Waals surface area contributed by atoms with Crippen LogP contribution in [0.1, 0.15) is 11.1 Å². The van der Waals surface area contributed by atoms with Crippen LogP contribution in [0.4, 0.5) is 22.0 Å². The van der Waals surface area contributed by atoms with E-state index >= 15 is 0 Å². The molecule has 9 heteroatoms. The van der Waals surface area contributed by atoms with E-state index in [0.717, 1.165) is 12.1 Å². The van der Waals surface area contributed by atoms with Crippen molar-refractivity contribution in [2.24, 2.45) is 0 Å². The SMILES string of the molecule is O=S(=O)(O)C(F)(F)c1ccccc1C(F)(F)F. The lowest BCUT2D eigenvalue weighted by atomic mass is 10.1. The van der Waals surface area contributed by atoms with Gasteiger partial charge in [0.05, 0.1) is 11.1 Å². The van der Waals surface area contributed by atoms with Gasteiger partial charge in [0, 0.05) is 0 Å². The smallest absolute Gasteiger partial charge is 0.281 e. The normalized spacial score (nSPS) is 13.8. The van der Waals surface area contributed by atoms with Crippen molar-refractivity contribution in [3.05, 3.63) is 35.4 Å². The lowest BCUT2D eigenvalue weighted by Crippen LogP contribution is -2.28.